The van der Waals surface area contributed by atoms with Crippen LogP contribution < -0.4 is 0 Å². The SMILES string of the molecule is O=C1CSC(c2nc3ccc(O)cc3s2)=N1. The molecule has 1 aromatic carbocycles. The number of benzene rings is 1. The summed E-state index contributed by atoms with van der Waals surface area (Å²) in [5.74, 6) is 0.512. The van der Waals surface area contributed by atoms with E-state index < -0.39 is 0 Å². The Morgan fingerprint density at radius 3 is 3.00 bits per heavy atom. The highest BCUT2D eigenvalue weighted by molar-refractivity contribution is 8.15. The van der Waals surface area contributed by atoms with E-state index in [2.05, 4.69) is 9.98 Å². The fraction of sp³-hybridized carbons (Fsp3) is 0.100. The molecule has 0 atom stereocenters. The topological polar surface area (TPSA) is 62.5 Å². The van der Waals surface area contributed by atoms with Crippen LogP contribution in [0.25, 0.3) is 10.2 Å². The number of hydrogen-bond donors (Lipinski definition) is 1. The van der Waals surface area contributed by atoms with E-state index in [0.717, 1.165) is 15.2 Å². The second-order valence-corrected chi connectivity index (χ2v) is 5.27. The van der Waals surface area contributed by atoms with Crippen LogP contribution in [0.4, 0.5) is 0 Å². The summed E-state index contributed by atoms with van der Waals surface area (Å²) >= 11 is 2.84. The van der Waals surface area contributed by atoms with Crippen molar-refractivity contribution in [3.63, 3.8) is 0 Å². The van der Waals surface area contributed by atoms with Crippen LogP contribution in [0.15, 0.2) is 23.2 Å². The molecule has 0 aliphatic carbocycles. The molecule has 1 aliphatic rings. The third kappa shape index (κ3) is 1.60. The van der Waals surface area contributed by atoms with E-state index in [1.165, 1.54) is 23.1 Å². The number of amides is 1. The minimum absolute atomic E-state index is 0.109. The number of carbonyl (C=O) groups excluding carboxylic acids is 1. The zero-order chi connectivity index (χ0) is 11.1. The van der Waals surface area contributed by atoms with E-state index in [1.54, 1.807) is 18.2 Å². The summed E-state index contributed by atoms with van der Waals surface area (Å²) in [6, 6.07) is 5.02. The third-order valence-corrected chi connectivity index (χ3v) is 4.22. The number of hydrogen-bond acceptors (Lipinski definition) is 5. The standard InChI is InChI=1S/C10H6N2O2S2/c13-5-1-2-6-7(3-5)16-10(11-6)9-12-8(14)4-15-9/h1-3,13H,4H2. The average Bonchev–Trinajstić information content (AvgIpc) is 2.83. The number of rotatable bonds is 1. The first-order chi connectivity index (χ1) is 7.72. The predicted octanol–water partition coefficient (Wildman–Crippen LogP) is 2.02. The van der Waals surface area contributed by atoms with E-state index in [4.69, 9.17) is 0 Å². The van der Waals surface area contributed by atoms with Gasteiger partial charge in [-0.25, -0.2) is 9.98 Å². The summed E-state index contributed by atoms with van der Waals surface area (Å²) in [6.45, 7) is 0. The molecular formula is C10H6N2O2S2. The van der Waals surface area contributed by atoms with Crippen molar-refractivity contribution in [2.75, 3.05) is 5.75 Å². The highest BCUT2D eigenvalue weighted by Gasteiger charge is 2.19. The first kappa shape index (κ1) is 9.80. The summed E-state index contributed by atoms with van der Waals surface area (Å²) < 4.78 is 0.901. The maximum absolute atomic E-state index is 11.0. The Bertz CT molecular complexity index is 618. The molecule has 0 bridgehead atoms. The first-order valence-corrected chi connectivity index (χ1v) is 6.37. The minimum Gasteiger partial charge on any atom is -0.508 e. The van der Waals surface area contributed by atoms with E-state index in [9.17, 15) is 9.90 Å². The minimum atomic E-state index is -0.109. The summed E-state index contributed by atoms with van der Waals surface area (Å²) in [4.78, 5) is 19.3. The van der Waals surface area contributed by atoms with Crippen molar-refractivity contribution >= 4 is 44.3 Å². The van der Waals surface area contributed by atoms with Gasteiger partial charge in [-0.15, -0.1) is 11.3 Å². The Morgan fingerprint density at radius 2 is 2.25 bits per heavy atom. The quantitative estimate of drug-likeness (QED) is 0.841. The molecule has 1 aromatic heterocycles. The number of thioether (sulfide) groups is 1. The van der Waals surface area contributed by atoms with E-state index in [0.29, 0.717) is 10.8 Å². The molecule has 80 valence electrons. The van der Waals surface area contributed by atoms with Crippen LogP contribution in [-0.4, -0.2) is 26.8 Å². The van der Waals surface area contributed by atoms with Crippen LogP contribution in [-0.2, 0) is 4.79 Å². The van der Waals surface area contributed by atoms with E-state index >= 15 is 0 Å². The van der Waals surface area contributed by atoms with Gasteiger partial charge in [0, 0.05) is 0 Å². The molecule has 0 radical (unpaired) electrons. The molecule has 0 saturated carbocycles. The molecule has 1 N–H and O–H groups in total. The highest BCUT2D eigenvalue weighted by atomic mass is 32.2. The fourth-order valence-electron chi connectivity index (χ4n) is 1.42. The lowest BCUT2D eigenvalue weighted by molar-refractivity contribution is -0.115. The normalized spacial score (nSPS) is 15.8. The number of nitrogens with zero attached hydrogens (tertiary/aromatic N) is 2. The Morgan fingerprint density at radius 1 is 1.38 bits per heavy atom. The number of phenolic OH excluding ortho intramolecular Hbond substituents is 1. The molecule has 4 nitrogen and oxygen atoms in total. The second kappa shape index (κ2) is 3.57. The molecule has 0 fully saturated rings. The van der Waals surface area contributed by atoms with Gasteiger partial charge < -0.3 is 5.11 Å². The van der Waals surface area contributed by atoms with Crippen LogP contribution in [0.2, 0.25) is 0 Å². The van der Waals surface area contributed by atoms with Crippen molar-refractivity contribution in [2.24, 2.45) is 4.99 Å². The van der Waals surface area contributed by atoms with Gasteiger partial charge in [-0.1, -0.05) is 11.8 Å². The summed E-state index contributed by atoms with van der Waals surface area (Å²) in [5.41, 5.74) is 0.820. The second-order valence-electron chi connectivity index (χ2n) is 3.27. The number of fused-ring (bicyclic) bond motifs is 1. The molecule has 16 heavy (non-hydrogen) atoms. The smallest absolute Gasteiger partial charge is 0.257 e. The van der Waals surface area contributed by atoms with Crippen LogP contribution in [0.3, 0.4) is 0 Å². The van der Waals surface area contributed by atoms with Crippen molar-refractivity contribution in [3.05, 3.63) is 23.2 Å². The predicted molar refractivity (Wildman–Crippen MR) is 65.3 cm³/mol. The lowest BCUT2D eigenvalue weighted by Crippen LogP contribution is -1.89. The number of phenols is 1. The summed E-state index contributed by atoms with van der Waals surface area (Å²) in [6.07, 6.45) is 0. The number of thiazole rings is 1. The van der Waals surface area contributed by atoms with Gasteiger partial charge in [0.25, 0.3) is 5.91 Å². The third-order valence-electron chi connectivity index (χ3n) is 2.11. The Hall–Kier alpha value is -1.40. The highest BCUT2D eigenvalue weighted by Crippen LogP contribution is 2.29. The fourth-order valence-corrected chi connectivity index (χ4v) is 3.27. The lowest BCUT2D eigenvalue weighted by atomic mass is 10.3. The monoisotopic (exact) mass is 250 g/mol. The number of aliphatic imine (C=N–C) groups is 1. The zero-order valence-corrected chi connectivity index (χ0v) is 9.64. The van der Waals surface area contributed by atoms with Crippen molar-refractivity contribution in [3.8, 4) is 5.75 Å². The van der Waals surface area contributed by atoms with Gasteiger partial charge in [-0.3, -0.25) is 4.79 Å². The molecule has 6 heteroatoms. The van der Waals surface area contributed by atoms with Crippen LogP contribution in [0, 0.1) is 0 Å². The Kier molecular flexibility index (Phi) is 2.19. The van der Waals surface area contributed by atoms with E-state index in [1.807, 2.05) is 0 Å². The maximum atomic E-state index is 11.0. The van der Waals surface area contributed by atoms with Gasteiger partial charge in [-0.2, -0.15) is 0 Å². The molecule has 2 heterocycles. The number of carbonyl (C=O) groups is 1. The van der Waals surface area contributed by atoms with Crippen molar-refractivity contribution < 1.29 is 9.90 Å². The Labute approximate surface area is 99.0 Å². The zero-order valence-electron chi connectivity index (χ0n) is 8.01. The van der Waals surface area contributed by atoms with Gasteiger partial charge in [0.1, 0.15) is 15.8 Å². The van der Waals surface area contributed by atoms with Gasteiger partial charge in [0.2, 0.25) is 0 Å². The van der Waals surface area contributed by atoms with Gasteiger partial charge in [-0.05, 0) is 18.2 Å². The van der Waals surface area contributed by atoms with Crippen molar-refractivity contribution in [2.45, 2.75) is 0 Å². The van der Waals surface area contributed by atoms with Crippen LogP contribution >= 0.6 is 23.1 Å². The summed E-state index contributed by atoms with van der Waals surface area (Å²) in [7, 11) is 0. The molecule has 1 amide bonds. The van der Waals surface area contributed by atoms with Crippen molar-refractivity contribution in [1.82, 2.24) is 4.98 Å². The first-order valence-electron chi connectivity index (χ1n) is 4.56. The molecular weight excluding hydrogens is 244 g/mol. The molecule has 1 aliphatic heterocycles. The maximum Gasteiger partial charge on any atom is 0.257 e. The van der Waals surface area contributed by atoms with E-state index in [-0.39, 0.29) is 11.7 Å². The molecule has 0 spiro atoms. The molecule has 3 rings (SSSR count). The van der Waals surface area contributed by atoms with Gasteiger partial charge >= 0.3 is 0 Å². The average molecular weight is 250 g/mol. The molecule has 0 unspecified atom stereocenters. The molecule has 0 saturated heterocycles. The number of aromatic hydroxyl groups is 1. The Balaban J connectivity index is 2.12. The van der Waals surface area contributed by atoms with Crippen LogP contribution in [0.5, 0.6) is 5.75 Å². The van der Waals surface area contributed by atoms with Gasteiger partial charge in [0.15, 0.2) is 0 Å². The van der Waals surface area contributed by atoms with Crippen molar-refractivity contribution in [1.29, 1.82) is 0 Å². The lowest BCUT2D eigenvalue weighted by Gasteiger charge is -1.88. The van der Waals surface area contributed by atoms with Crippen LogP contribution in [0.1, 0.15) is 5.01 Å². The largest absolute Gasteiger partial charge is 0.508 e. The number of aromatic nitrogens is 1. The summed E-state index contributed by atoms with van der Waals surface area (Å²) in [5, 5.41) is 10.8. The molecule has 2 aromatic rings. The van der Waals surface area contributed by atoms with Gasteiger partial charge in [0.05, 0.1) is 16.0 Å².